The van der Waals surface area contributed by atoms with Crippen LogP contribution in [0.15, 0.2) is 66.7 Å². The number of carboxylic acids is 1. The maximum Gasteiger partial charge on any atom is 0.326 e. The summed E-state index contributed by atoms with van der Waals surface area (Å²) in [5, 5.41) is 10.3. The van der Waals surface area contributed by atoms with E-state index in [0.717, 1.165) is 22.9 Å². The number of amides is 1. The van der Waals surface area contributed by atoms with Crippen LogP contribution < -0.4 is 4.72 Å². The number of nitrogens with one attached hydrogen (secondary N) is 1. The molecule has 182 valence electrons. The molecule has 1 saturated heterocycles. The molecule has 3 aromatic carbocycles. The Morgan fingerprint density at radius 1 is 1.03 bits per heavy atom. The molecule has 0 saturated carbocycles. The average molecular weight is 513 g/mol. The Kier molecular flexibility index (Phi) is 6.87. The molecule has 1 amide bonds. The number of nitrogens with zero attached hydrogens (tertiary/aromatic N) is 1. The van der Waals surface area contributed by atoms with Gasteiger partial charge >= 0.3 is 5.97 Å². The number of anilines is 1. The summed E-state index contributed by atoms with van der Waals surface area (Å²) in [6.45, 7) is 1.94. The number of halogens is 1. The maximum atomic E-state index is 13.9. The molecule has 35 heavy (non-hydrogen) atoms. The van der Waals surface area contributed by atoms with E-state index in [1.807, 2.05) is 31.2 Å². The number of carboxylic acid groups (broad SMARTS) is 1. The monoisotopic (exact) mass is 512 g/mol. The molecular weight excluding hydrogens is 488 g/mol. The van der Waals surface area contributed by atoms with E-state index < -0.39 is 34.0 Å². The second-order valence-corrected chi connectivity index (χ2v) is 10.8. The SMILES string of the molecule is Cc1ccccc1-c1ccc(C(=O)N2[C@@H](c3ccccc3Cl)CC[C@H]2C(=O)O)c(NS(C)(=O)=O)c1. The van der Waals surface area contributed by atoms with Crippen molar-refractivity contribution in [1.82, 2.24) is 4.90 Å². The van der Waals surface area contributed by atoms with Crippen molar-refractivity contribution < 1.29 is 23.1 Å². The first kappa shape index (κ1) is 24.8. The fourth-order valence-corrected chi connectivity index (χ4v) is 5.44. The van der Waals surface area contributed by atoms with E-state index in [1.54, 1.807) is 42.5 Å². The van der Waals surface area contributed by atoms with Gasteiger partial charge in [0, 0.05) is 5.02 Å². The van der Waals surface area contributed by atoms with Crippen LogP contribution in [0.2, 0.25) is 5.02 Å². The summed E-state index contributed by atoms with van der Waals surface area (Å²) in [5.74, 6) is -1.70. The lowest BCUT2D eigenvalue weighted by atomic mass is 9.97. The van der Waals surface area contributed by atoms with Gasteiger partial charge in [-0.15, -0.1) is 0 Å². The van der Waals surface area contributed by atoms with Crippen molar-refractivity contribution in [3.05, 3.63) is 88.4 Å². The minimum atomic E-state index is -3.73. The molecule has 4 rings (SSSR count). The summed E-state index contributed by atoms with van der Waals surface area (Å²) in [6, 6.07) is 17.9. The fourth-order valence-electron chi connectivity index (χ4n) is 4.61. The van der Waals surface area contributed by atoms with E-state index in [9.17, 15) is 23.1 Å². The van der Waals surface area contributed by atoms with Crippen LogP contribution in [0.1, 0.15) is 40.4 Å². The lowest BCUT2D eigenvalue weighted by Crippen LogP contribution is -2.42. The molecule has 1 aliphatic rings. The Bertz CT molecular complexity index is 1410. The molecule has 1 heterocycles. The zero-order valence-electron chi connectivity index (χ0n) is 19.2. The highest BCUT2D eigenvalue weighted by atomic mass is 35.5. The lowest BCUT2D eigenvalue weighted by molar-refractivity contribution is -0.141. The summed E-state index contributed by atoms with van der Waals surface area (Å²) in [4.78, 5) is 27.2. The van der Waals surface area contributed by atoms with Gasteiger partial charge in [0.05, 0.1) is 23.5 Å². The number of carbonyl (C=O) groups is 2. The fraction of sp³-hybridized carbons (Fsp3) is 0.231. The van der Waals surface area contributed by atoms with Gasteiger partial charge in [-0.1, -0.05) is 60.1 Å². The summed E-state index contributed by atoms with van der Waals surface area (Å²) in [7, 11) is -3.73. The minimum absolute atomic E-state index is 0.0676. The van der Waals surface area contributed by atoms with Gasteiger partial charge in [-0.05, 0) is 60.2 Å². The van der Waals surface area contributed by atoms with Crippen LogP contribution in [-0.4, -0.2) is 42.6 Å². The predicted molar refractivity (Wildman–Crippen MR) is 136 cm³/mol. The molecular formula is C26H25ClN2O5S. The van der Waals surface area contributed by atoms with Crippen LogP contribution in [-0.2, 0) is 14.8 Å². The molecule has 0 bridgehead atoms. The van der Waals surface area contributed by atoms with Crippen molar-refractivity contribution in [2.45, 2.75) is 31.8 Å². The van der Waals surface area contributed by atoms with E-state index in [0.29, 0.717) is 17.0 Å². The largest absolute Gasteiger partial charge is 0.480 e. The third-order valence-corrected chi connectivity index (χ3v) is 7.11. The maximum absolute atomic E-state index is 13.9. The second-order valence-electron chi connectivity index (χ2n) is 8.63. The highest BCUT2D eigenvalue weighted by Gasteiger charge is 2.43. The third-order valence-electron chi connectivity index (χ3n) is 6.17. The van der Waals surface area contributed by atoms with E-state index in [-0.39, 0.29) is 17.7 Å². The molecule has 0 radical (unpaired) electrons. The van der Waals surface area contributed by atoms with Gasteiger partial charge in [0.15, 0.2) is 0 Å². The standard InChI is InChI=1S/C26H25ClN2O5S/c1-16-7-3-4-8-18(16)17-11-12-20(22(15-17)28-35(2,33)34)25(30)29-23(13-14-24(29)26(31)32)19-9-5-6-10-21(19)27/h3-12,15,23-24,28H,13-14H2,1-2H3,(H,31,32)/t23-,24+/m1/s1. The number of benzene rings is 3. The van der Waals surface area contributed by atoms with Crippen LogP contribution in [0.3, 0.4) is 0 Å². The molecule has 7 nitrogen and oxygen atoms in total. The first-order valence-electron chi connectivity index (χ1n) is 11.0. The van der Waals surface area contributed by atoms with Gasteiger partial charge < -0.3 is 10.0 Å². The molecule has 1 aliphatic heterocycles. The summed E-state index contributed by atoms with van der Waals surface area (Å²) < 4.78 is 26.8. The van der Waals surface area contributed by atoms with Crippen molar-refractivity contribution in [2.75, 3.05) is 11.0 Å². The van der Waals surface area contributed by atoms with Crippen molar-refractivity contribution in [3.8, 4) is 11.1 Å². The van der Waals surface area contributed by atoms with Crippen molar-refractivity contribution in [1.29, 1.82) is 0 Å². The van der Waals surface area contributed by atoms with Gasteiger partial charge in [0.2, 0.25) is 10.0 Å². The number of aryl methyl sites for hydroxylation is 1. The highest BCUT2D eigenvalue weighted by molar-refractivity contribution is 7.92. The molecule has 2 atom stereocenters. The topological polar surface area (TPSA) is 104 Å². The zero-order valence-corrected chi connectivity index (χ0v) is 20.8. The van der Waals surface area contributed by atoms with Crippen LogP contribution in [0.5, 0.6) is 0 Å². The first-order valence-corrected chi connectivity index (χ1v) is 13.3. The van der Waals surface area contributed by atoms with Gasteiger partial charge in [0.1, 0.15) is 6.04 Å². The van der Waals surface area contributed by atoms with Crippen molar-refractivity contribution in [2.24, 2.45) is 0 Å². The summed E-state index contributed by atoms with van der Waals surface area (Å²) >= 11 is 6.39. The summed E-state index contributed by atoms with van der Waals surface area (Å²) in [5.41, 5.74) is 3.41. The van der Waals surface area contributed by atoms with Gasteiger partial charge in [-0.25, -0.2) is 13.2 Å². The molecule has 0 spiro atoms. The number of hydrogen-bond acceptors (Lipinski definition) is 4. The third kappa shape index (κ3) is 5.18. The van der Waals surface area contributed by atoms with E-state index >= 15 is 0 Å². The molecule has 9 heteroatoms. The van der Waals surface area contributed by atoms with Crippen molar-refractivity contribution in [3.63, 3.8) is 0 Å². The van der Waals surface area contributed by atoms with E-state index in [2.05, 4.69) is 4.72 Å². The van der Waals surface area contributed by atoms with Gasteiger partial charge in [-0.2, -0.15) is 0 Å². The number of aliphatic carboxylic acids is 1. The zero-order chi connectivity index (χ0) is 25.3. The normalized spacial score (nSPS) is 17.9. The number of carbonyl (C=O) groups excluding carboxylic acids is 1. The molecule has 0 unspecified atom stereocenters. The minimum Gasteiger partial charge on any atom is -0.480 e. The van der Waals surface area contributed by atoms with Crippen LogP contribution in [0.25, 0.3) is 11.1 Å². The quantitative estimate of drug-likeness (QED) is 0.477. The number of rotatable bonds is 6. The predicted octanol–water partition coefficient (Wildman–Crippen LogP) is 5.12. The lowest BCUT2D eigenvalue weighted by Gasteiger charge is -2.30. The molecule has 0 aliphatic carbocycles. The Hall–Kier alpha value is -3.36. The van der Waals surface area contributed by atoms with Gasteiger partial charge in [-0.3, -0.25) is 9.52 Å². The van der Waals surface area contributed by atoms with E-state index in [1.165, 1.54) is 4.90 Å². The molecule has 2 N–H and O–H groups in total. The number of likely N-dealkylation sites (tertiary alicyclic amines) is 1. The summed E-state index contributed by atoms with van der Waals surface area (Å²) in [6.07, 6.45) is 1.68. The number of hydrogen-bond donors (Lipinski definition) is 2. The van der Waals surface area contributed by atoms with Crippen LogP contribution in [0, 0.1) is 6.92 Å². The van der Waals surface area contributed by atoms with Crippen LogP contribution in [0.4, 0.5) is 5.69 Å². The first-order chi connectivity index (χ1) is 16.6. The number of sulfonamides is 1. The Balaban J connectivity index is 1.83. The highest BCUT2D eigenvalue weighted by Crippen LogP contribution is 2.41. The molecule has 1 fully saturated rings. The Morgan fingerprint density at radius 3 is 2.37 bits per heavy atom. The van der Waals surface area contributed by atoms with E-state index in [4.69, 9.17) is 11.6 Å². The smallest absolute Gasteiger partial charge is 0.326 e. The average Bonchev–Trinajstić information content (AvgIpc) is 3.23. The van der Waals surface area contributed by atoms with Crippen molar-refractivity contribution >= 4 is 39.2 Å². The Labute approximate surface area is 209 Å². The van der Waals surface area contributed by atoms with Gasteiger partial charge in [0.25, 0.3) is 5.91 Å². The van der Waals surface area contributed by atoms with Crippen LogP contribution >= 0.6 is 11.6 Å². The molecule has 0 aromatic heterocycles. The Morgan fingerprint density at radius 2 is 1.71 bits per heavy atom. The molecule has 3 aromatic rings. The second kappa shape index (κ2) is 9.71.